The SMILES string of the molecule is COC(=N)CC(C)OC. The molecule has 0 rings (SSSR count). The van der Waals surface area contributed by atoms with Gasteiger partial charge in [-0.2, -0.15) is 0 Å². The molecule has 0 aromatic heterocycles. The summed E-state index contributed by atoms with van der Waals surface area (Å²) in [5.74, 6) is 0.268. The first-order valence-electron chi connectivity index (χ1n) is 2.85. The fraction of sp³-hybridized carbons (Fsp3) is 0.833. The van der Waals surface area contributed by atoms with Crippen molar-refractivity contribution in [3.05, 3.63) is 0 Å². The lowest BCUT2D eigenvalue weighted by Gasteiger charge is -2.07. The van der Waals surface area contributed by atoms with E-state index in [1.54, 1.807) is 7.11 Å². The Bertz CT molecular complexity index is 93.1. The predicted octanol–water partition coefficient (Wildman–Crippen LogP) is 1.04. The van der Waals surface area contributed by atoms with Crippen LogP contribution in [0.2, 0.25) is 0 Å². The molecule has 0 saturated carbocycles. The molecule has 3 nitrogen and oxygen atoms in total. The van der Waals surface area contributed by atoms with Crippen LogP contribution >= 0.6 is 0 Å². The quantitative estimate of drug-likeness (QED) is 0.459. The molecule has 1 atom stereocenters. The number of hydrogen-bond donors (Lipinski definition) is 1. The molecule has 0 bridgehead atoms. The van der Waals surface area contributed by atoms with Gasteiger partial charge in [-0.25, -0.2) is 0 Å². The van der Waals surface area contributed by atoms with E-state index in [0.717, 1.165) is 0 Å². The highest BCUT2D eigenvalue weighted by Crippen LogP contribution is 1.95. The van der Waals surface area contributed by atoms with E-state index in [1.807, 2.05) is 6.92 Å². The molecule has 0 aliphatic rings. The lowest BCUT2D eigenvalue weighted by Crippen LogP contribution is -2.12. The second-order valence-electron chi connectivity index (χ2n) is 1.88. The number of hydrogen-bond acceptors (Lipinski definition) is 3. The van der Waals surface area contributed by atoms with Crippen molar-refractivity contribution in [3.8, 4) is 0 Å². The van der Waals surface area contributed by atoms with Crippen LogP contribution in [0, 0.1) is 5.41 Å². The summed E-state index contributed by atoms with van der Waals surface area (Å²) in [6, 6.07) is 0. The van der Waals surface area contributed by atoms with Gasteiger partial charge in [0.1, 0.15) is 0 Å². The minimum absolute atomic E-state index is 0.0810. The molecular formula is C6H13NO2. The molecule has 0 saturated heterocycles. The van der Waals surface area contributed by atoms with Crippen LogP contribution in [0.1, 0.15) is 13.3 Å². The van der Waals surface area contributed by atoms with Gasteiger partial charge in [0.25, 0.3) is 0 Å². The van der Waals surface area contributed by atoms with Gasteiger partial charge < -0.3 is 9.47 Å². The van der Waals surface area contributed by atoms with Crippen molar-refractivity contribution < 1.29 is 9.47 Å². The summed E-state index contributed by atoms with van der Waals surface area (Å²) in [5, 5.41) is 7.07. The van der Waals surface area contributed by atoms with Crippen LogP contribution in [-0.4, -0.2) is 26.2 Å². The Morgan fingerprint density at radius 3 is 2.44 bits per heavy atom. The summed E-state index contributed by atoms with van der Waals surface area (Å²) in [7, 11) is 3.11. The van der Waals surface area contributed by atoms with Gasteiger partial charge in [0.05, 0.1) is 13.2 Å². The fourth-order valence-electron chi connectivity index (χ4n) is 0.428. The molecule has 0 fully saturated rings. The second kappa shape index (κ2) is 4.32. The number of nitrogens with one attached hydrogen (secondary N) is 1. The van der Waals surface area contributed by atoms with Crippen molar-refractivity contribution in [3.63, 3.8) is 0 Å². The smallest absolute Gasteiger partial charge is 0.182 e. The van der Waals surface area contributed by atoms with Crippen molar-refractivity contribution in [1.29, 1.82) is 5.41 Å². The van der Waals surface area contributed by atoms with Crippen molar-refractivity contribution in [1.82, 2.24) is 0 Å². The molecule has 54 valence electrons. The molecule has 0 aliphatic carbocycles. The molecule has 1 unspecified atom stereocenters. The van der Waals surface area contributed by atoms with Gasteiger partial charge >= 0.3 is 0 Å². The summed E-state index contributed by atoms with van der Waals surface area (Å²) in [5.41, 5.74) is 0. The molecule has 0 aliphatic heterocycles. The maximum absolute atomic E-state index is 7.07. The highest BCUT2D eigenvalue weighted by atomic mass is 16.5. The zero-order valence-electron chi connectivity index (χ0n) is 6.10. The van der Waals surface area contributed by atoms with E-state index in [0.29, 0.717) is 6.42 Å². The Labute approximate surface area is 55.5 Å². The molecule has 0 amide bonds. The Morgan fingerprint density at radius 1 is 1.56 bits per heavy atom. The first-order valence-corrected chi connectivity index (χ1v) is 2.85. The van der Waals surface area contributed by atoms with Gasteiger partial charge in [-0.15, -0.1) is 0 Å². The molecule has 0 radical (unpaired) electrons. The zero-order chi connectivity index (χ0) is 7.28. The zero-order valence-corrected chi connectivity index (χ0v) is 6.10. The average molecular weight is 131 g/mol. The third-order valence-electron chi connectivity index (χ3n) is 1.12. The molecule has 0 spiro atoms. The van der Waals surface area contributed by atoms with Gasteiger partial charge in [-0.3, -0.25) is 5.41 Å². The predicted molar refractivity (Wildman–Crippen MR) is 35.8 cm³/mol. The summed E-state index contributed by atoms with van der Waals surface area (Å²) < 4.78 is 9.53. The van der Waals surface area contributed by atoms with Gasteiger partial charge in [0.15, 0.2) is 5.90 Å². The third-order valence-corrected chi connectivity index (χ3v) is 1.12. The topological polar surface area (TPSA) is 42.3 Å². The minimum Gasteiger partial charge on any atom is -0.484 e. The van der Waals surface area contributed by atoms with E-state index >= 15 is 0 Å². The maximum atomic E-state index is 7.07. The molecule has 0 aromatic carbocycles. The van der Waals surface area contributed by atoms with Crippen LogP contribution in [0.4, 0.5) is 0 Å². The highest BCUT2D eigenvalue weighted by Gasteiger charge is 2.02. The average Bonchev–Trinajstić information content (AvgIpc) is 1.87. The molecular weight excluding hydrogens is 118 g/mol. The van der Waals surface area contributed by atoms with Crippen LogP contribution in [0.3, 0.4) is 0 Å². The van der Waals surface area contributed by atoms with Gasteiger partial charge in [-0.1, -0.05) is 0 Å². The van der Waals surface area contributed by atoms with E-state index in [1.165, 1.54) is 7.11 Å². The monoisotopic (exact) mass is 131 g/mol. The number of ether oxygens (including phenoxy) is 2. The van der Waals surface area contributed by atoms with Gasteiger partial charge in [-0.05, 0) is 6.92 Å². The van der Waals surface area contributed by atoms with Crippen molar-refractivity contribution in [2.24, 2.45) is 0 Å². The largest absolute Gasteiger partial charge is 0.484 e. The first kappa shape index (κ1) is 8.43. The van der Waals surface area contributed by atoms with Crippen molar-refractivity contribution in [2.45, 2.75) is 19.4 Å². The van der Waals surface area contributed by atoms with Crippen LogP contribution in [0.5, 0.6) is 0 Å². The minimum atomic E-state index is 0.0810. The van der Waals surface area contributed by atoms with E-state index < -0.39 is 0 Å². The standard InChI is InChI=1S/C6H13NO2/c1-5(8-2)4-6(7)9-3/h5,7H,4H2,1-3H3. The van der Waals surface area contributed by atoms with Crippen LogP contribution in [0.25, 0.3) is 0 Å². The van der Waals surface area contributed by atoms with E-state index in [-0.39, 0.29) is 12.0 Å². The molecule has 0 heterocycles. The Hall–Kier alpha value is -0.570. The second-order valence-corrected chi connectivity index (χ2v) is 1.88. The van der Waals surface area contributed by atoms with Crippen LogP contribution in [-0.2, 0) is 9.47 Å². The molecule has 1 N–H and O–H groups in total. The molecule has 9 heavy (non-hydrogen) atoms. The fourth-order valence-corrected chi connectivity index (χ4v) is 0.428. The van der Waals surface area contributed by atoms with E-state index in [2.05, 4.69) is 4.74 Å². The highest BCUT2D eigenvalue weighted by molar-refractivity contribution is 5.72. The molecule has 0 aromatic rings. The van der Waals surface area contributed by atoms with E-state index in [9.17, 15) is 0 Å². The lowest BCUT2D eigenvalue weighted by atomic mass is 10.3. The van der Waals surface area contributed by atoms with E-state index in [4.69, 9.17) is 10.1 Å². The number of rotatable bonds is 3. The lowest BCUT2D eigenvalue weighted by molar-refractivity contribution is 0.119. The van der Waals surface area contributed by atoms with Crippen LogP contribution < -0.4 is 0 Å². The normalized spacial score (nSPS) is 12.8. The van der Waals surface area contributed by atoms with Crippen molar-refractivity contribution >= 4 is 5.90 Å². The summed E-state index contributed by atoms with van der Waals surface area (Å²) in [4.78, 5) is 0. The third kappa shape index (κ3) is 3.97. The Morgan fingerprint density at radius 2 is 2.11 bits per heavy atom. The Kier molecular flexibility index (Phi) is 4.05. The summed E-state index contributed by atoms with van der Waals surface area (Å²) in [6.45, 7) is 1.90. The summed E-state index contributed by atoms with van der Waals surface area (Å²) in [6.07, 6.45) is 0.630. The van der Waals surface area contributed by atoms with Gasteiger partial charge in [0, 0.05) is 13.5 Å². The maximum Gasteiger partial charge on any atom is 0.182 e. The number of methoxy groups -OCH3 is 2. The molecule has 3 heteroatoms. The van der Waals surface area contributed by atoms with Gasteiger partial charge in [0.2, 0.25) is 0 Å². The first-order chi connectivity index (χ1) is 4.20. The summed E-state index contributed by atoms with van der Waals surface area (Å²) >= 11 is 0. The van der Waals surface area contributed by atoms with Crippen molar-refractivity contribution in [2.75, 3.05) is 14.2 Å². The Balaban J connectivity index is 3.34. The van der Waals surface area contributed by atoms with Crippen LogP contribution in [0.15, 0.2) is 0 Å².